The fraction of sp³-hybridized carbons (Fsp3) is 0.667. The van der Waals surface area contributed by atoms with E-state index in [0.717, 1.165) is 36.0 Å². The first-order chi connectivity index (χ1) is 9.82. The molecule has 0 aromatic carbocycles. The van der Waals surface area contributed by atoms with Gasteiger partial charge in [0.1, 0.15) is 5.01 Å². The fourth-order valence-electron chi connectivity index (χ4n) is 1.91. The van der Waals surface area contributed by atoms with Crippen LogP contribution in [-0.2, 0) is 12.7 Å². The predicted octanol–water partition coefficient (Wildman–Crippen LogP) is 2.36. The number of thiazole rings is 1. The molecule has 5 nitrogen and oxygen atoms in total. The lowest BCUT2D eigenvalue weighted by atomic mass is 9.80. The van der Waals surface area contributed by atoms with Gasteiger partial charge in [-0.1, -0.05) is 0 Å². The number of aromatic nitrogens is 1. The normalized spacial score (nSPS) is 17.4. The van der Waals surface area contributed by atoms with Crippen LogP contribution >= 0.6 is 35.3 Å². The molecule has 1 aliphatic carbocycles. The molecule has 0 unspecified atom stereocenters. The quantitative estimate of drug-likeness (QED) is 0.375. The van der Waals surface area contributed by atoms with E-state index >= 15 is 0 Å². The first-order valence-electron chi connectivity index (χ1n) is 6.51. The zero-order valence-corrected chi connectivity index (χ0v) is 15.1. The smallest absolute Gasteiger partial charge is 0.388 e. The molecule has 1 heterocycles. The minimum absolute atomic E-state index is 0. The Morgan fingerprint density at radius 1 is 1.45 bits per heavy atom. The number of halogens is 4. The summed E-state index contributed by atoms with van der Waals surface area (Å²) in [4.78, 5) is 7.48. The number of guanidine groups is 1. The van der Waals surface area contributed by atoms with Gasteiger partial charge in [0.05, 0.1) is 12.1 Å². The average Bonchev–Trinajstić information content (AvgIpc) is 2.85. The summed E-state index contributed by atoms with van der Waals surface area (Å²) in [6, 6.07) is 0. The molecule has 1 aromatic rings. The van der Waals surface area contributed by atoms with Crippen molar-refractivity contribution in [2.45, 2.75) is 37.6 Å². The van der Waals surface area contributed by atoms with Gasteiger partial charge in [0, 0.05) is 19.0 Å². The van der Waals surface area contributed by atoms with Gasteiger partial charge in [0.25, 0.3) is 0 Å². The Morgan fingerprint density at radius 2 is 2.14 bits per heavy atom. The Bertz CT molecular complexity index is 517. The zero-order valence-electron chi connectivity index (χ0n) is 11.9. The molecule has 22 heavy (non-hydrogen) atoms. The molecular formula is C12H18F3IN4OS. The summed E-state index contributed by atoms with van der Waals surface area (Å²) < 4.78 is 37.3. The fourth-order valence-corrected chi connectivity index (χ4v) is 2.65. The Kier molecular flexibility index (Phi) is 6.86. The number of rotatable bonds is 4. The molecule has 1 aromatic heterocycles. The van der Waals surface area contributed by atoms with Gasteiger partial charge in [0.15, 0.2) is 11.7 Å². The molecular weight excluding hydrogens is 432 g/mol. The van der Waals surface area contributed by atoms with Gasteiger partial charge >= 0.3 is 6.18 Å². The summed E-state index contributed by atoms with van der Waals surface area (Å²) in [5, 5.41) is 17.1. The number of hydrogen-bond donors (Lipinski definition) is 3. The largest absolute Gasteiger partial charge is 0.434 e. The monoisotopic (exact) mass is 450 g/mol. The van der Waals surface area contributed by atoms with Crippen molar-refractivity contribution in [2.75, 3.05) is 13.6 Å². The van der Waals surface area contributed by atoms with Crippen LogP contribution in [0.4, 0.5) is 13.2 Å². The van der Waals surface area contributed by atoms with E-state index in [2.05, 4.69) is 20.6 Å². The van der Waals surface area contributed by atoms with E-state index < -0.39 is 17.5 Å². The molecule has 0 saturated heterocycles. The van der Waals surface area contributed by atoms with Gasteiger partial charge in [0.2, 0.25) is 0 Å². The lowest BCUT2D eigenvalue weighted by Gasteiger charge is -2.36. The number of aliphatic imine (C=N–C) groups is 1. The Labute approximate surface area is 147 Å². The van der Waals surface area contributed by atoms with Gasteiger partial charge in [-0.05, 0) is 19.3 Å². The van der Waals surface area contributed by atoms with Gasteiger partial charge in [-0.25, -0.2) is 4.98 Å². The molecule has 1 aliphatic rings. The van der Waals surface area contributed by atoms with E-state index in [1.165, 1.54) is 0 Å². The molecule has 0 bridgehead atoms. The maximum absolute atomic E-state index is 12.4. The van der Waals surface area contributed by atoms with Crippen molar-refractivity contribution in [1.29, 1.82) is 0 Å². The summed E-state index contributed by atoms with van der Waals surface area (Å²) in [5.41, 5.74) is -1.57. The van der Waals surface area contributed by atoms with Gasteiger partial charge in [-0.2, -0.15) is 13.2 Å². The predicted molar refractivity (Wildman–Crippen MR) is 89.5 cm³/mol. The van der Waals surface area contributed by atoms with Crippen molar-refractivity contribution in [1.82, 2.24) is 15.6 Å². The van der Waals surface area contributed by atoms with Gasteiger partial charge in [-0.15, -0.1) is 35.3 Å². The molecule has 0 amide bonds. The van der Waals surface area contributed by atoms with Crippen LogP contribution in [0, 0.1) is 0 Å². The molecule has 0 radical (unpaired) electrons. The summed E-state index contributed by atoms with van der Waals surface area (Å²) in [6.45, 7) is 0.525. The molecule has 1 saturated carbocycles. The highest BCUT2D eigenvalue weighted by Gasteiger charge is 2.34. The average molecular weight is 450 g/mol. The Hall–Kier alpha value is -0.620. The number of aliphatic hydroxyl groups is 1. The third-order valence-electron chi connectivity index (χ3n) is 3.34. The molecule has 0 spiro atoms. The van der Waals surface area contributed by atoms with Crippen LogP contribution < -0.4 is 10.6 Å². The SMILES string of the molecule is CN=C(NCc1nc(C(F)(F)F)cs1)NCC1(O)CCC1.I. The van der Waals surface area contributed by atoms with Crippen LogP contribution in [0.15, 0.2) is 10.4 Å². The zero-order chi connectivity index (χ0) is 15.5. The van der Waals surface area contributed by atoms with E-state index in [-0.39, 0.29) is 30.5 Å². The van der Waals surface area contributed by atoms with Crippen molar-refractivity contribution >= 4 is 41.3 Å². The second-order valence-electron chi connectivity index (χ2n) is 4.98. The summed E-state index contributed by atoms with van der Waals surface area (Å²) in [7, 11) is 1.56. The number of nitrogens with zero attached hydrogens (tertiary/aromatic N) is 2. The highest BCUT2D eigenvalue weighted by atomic mass is 127. The number of nitrogens with one attached hydrogen (secondary N) is 2. The first-order valence-corrected chi connectivity index (χ1v) is 7.39. The van der Waals surface area contributed by atoms with Crippen LogP contribution in [0.2, 0.25) is 0 Å². The van der Waals surface area contributed by atoms with Crippen LogP contribution in [0.5, 0.6) is 0 Å². The lowest BCUT2D eigenvalue weighted by molar-refractivity contribution is -0.140. The first kappa shape index (κ1) is 19.4. The second kappa shape index (κ2) is 7.77. The second-order valence-corrected chi connectivity index (χ2v) is 5.92. The minimum atomic E-state index is -4.41. The minimum Gasteiger partial charge on any atom is -0.388 e. The maximum Gasteiger partial charge on any atom is 0.434 e. The van der Waals surface area contributed by atoms with Crippen LogP contribution in [-0.4, -0.2) is 35.2 Å². The van der Waals surface area contributed by atoms with Crippen LogP contribution in [0.3, 0.4) is 0 Å². The number of alkyl halides is 3. The van der Waals surface area contributed by atoms with Crippen LogP contribution in [0.1, 0.15) is 30.0 Å². The van der Waals surface area contributed by atoms with Crippen molar-refractivity contribution in [3.63, 3.8) is 0 Å². The maximum atomic E-state index is 12.4. The molecule has 0 aliphatic heterocycles. The third-order valence-corrected chi connectivity index (χ3v) is 4.19. The highest BCUT2D eigenvalue weighted by molar-refractivity contribution is 14.0. The topological polar surface area (TPSA) is 69.5 Å². The Morgan fingerprint density at radius 3 is 2.59 bits per heavy atom. The summed E-state index contributed by atoms with van der Waals surface area (Å²) in [5.74, 6) is 0.430. The lowest BCUT2D eigenvalue weighted by Crippen LogP contribution is -2.50. The molecule has 126 valence electrons. The number of hydrogen-bond acceptors (Lipinski definition) is 4. The molecule has 10 heteroatoms. The van der Waals surface area contributed by atoms with E-state index in [4.69, 9.17) is 0 Å². The highest BCUT2D eigenvalue weighted by Crippen LogP contribution is 2.31. The summed E-state index contributed by atoms with van der Waals surface area (Å²) >= 11 is 0.942. The van der Waals surface area contributed by atoms with Gasteiger partial charge in [-0.3, -0.25) is 4.99 Å². The van der Waals surface area contributed by atoms with Crippen molar-refractivity contribution in [3.05, 3.63) is 16.1 Å². The molecule has 0 atom stereocenters. The van der Waals surface area contributed by atoms with E-state index in [9.17, 15) is 18.3 Å². The molecule has 2 rings (SSSR count). The summed E-state index contributed by atoms with van der Waals surface area (Å²) in [6.07, 6.45) is -1.91. The van der Waals surface area contributed by atoms with E-state index in [0.29, 0.717) is 17.5 Å². The van der Waals surface area contributed by atoms with Gasteiger partial charge < -0.3 is 15.7 Å². The third kappa shape index (κ3) is 5.23. The molecule has 1 fully saturated rings. The Balaban J connectivity index is 0.00000242. The van der Waals surface area contributed by atoms with Crippen molar-refractivity contribution in [3.8, 4) is 0 Å². The standard InChI is InChI=1S/C12H17F3N4OS.HI/c1-16-10(18-7-11(20)3-2-4-11)17-5-9-19-8(6-21-9)12(13,14)15;/h6,20H,2-5,7H2,1H3,(H2,16,17,18);1H. The van der Waals surface area contributed by atoms with E-state index in [1.807, 2.05) is 0 Å². The van der Waals surface area contributed by atoms with Crippen LogP contribution in [0.25, 0.3) is 0 Å². The van der Waals surface area contributed by atoms with E-state index in [1.54, 1.807) is 7.05 Å². The molecule has 3 N–H and O–H groups in total. The van der Waals surface area contributed by atoms with Crippen molar-refractivity contribution in [2.24, 2.45) is 4.99 Å². The van der Waals surface area contributed by atoms with Crippen molar-refractivity contribution < 1.29 is 18.3 Å².